The zero-order valence-corrected chi connectivity index (χ0v) is 17.2. The SMILES string of the molecule is CCNC(=NCc1ccccc1Cn1cccn1)NC1C2CCOC2C12CCC2. The molecule has 1 aromatic carbocycles. The Labute approximate surface area is 172 Å². The van der Waals surface area contributed by atoms with E-state index in [1.807, 2.05) is 23.1 Å². The fourth-order valence-corrected chi connectivity index (χ4v) is 5.52. The van der Waals surface area contributed by atoms with E-state index in [0.717, 1.165) is 25.7 Å². The monoisotopic (exact) mass is 393 g/mol. The van der Waals surface area contributed by atoms with Crippen LogP contribution in [-0.2, 0) is 17.8 Å². The van der Waals surface area contributed by atoms with Gasteiger partial charge >= 0.3 is 0 Å². The van der Waals surface area contributed by atoms with Crippen LogP contribution in [0.2, 0.25) is 0 Å². The molecule has 3 unspecified atom stereocenters. The molecule has 3 fully saturated rings. The van der Waals surface area contributed by atoms with Gasteiger partial charge in [-0.15, -0.1) is 0 Å². The smallest absolute Gasteiger partial charge is 0.191 e. The molecule has 1 saturated heterocycles. The van der Waals surface area contributed by atoms with Crippen molar-refractivity contribution >= 4 is 5.96 Å². The van der Waals surface area contributed by atoms with E-state index in [1.54, 1.807) is 0 Å². The second-order valence-corrected chi connectivity index (χ2v) is 8.62. The van der Waals surface area contributed by atoms with E-state index in [0.29, 0.717) is 30.0 Å². The average Bonchev–Trinajstić information content (AvgIpc) is 3.35. The second kappa shape index (κ2) is 7.82. The summed E-state index contributed by atoms with van der Waals surface area (Å²) in [7, 11) is 0. The summed E-state index contributed by atoms with van der Waals surface area (Å²) in [6.07, 6.45) is 9.39. The standard InChI is InChI=1S/C23H31N5O/c1-2-24-22(27-20-19-9-14-29-21(19)23(20)10-5-11-23)25-15-17-7-3-4-8-18(17)16-28-13-6-12-26-28/h3-4,6-8,12-13,19-21H,2,5,9-11,14-16H2,1H3,(H2,24,25,27). The summed E-state index contributed by atoms with van der Waals surface area (Å²) in [4.78, 5) is 4.96. The van der Waals surface area contributed by atoms with Crippen LogP contribution in [0.15, 0.2) is 47.7 Å². The van der Waals surface area contributed by atoms with Gasteiger partial charge in [0.1, 0.15) is 0 Å². The van der Waals surface area contributed by atoms with E-state index in [4.69, 9.17) is 9.73 Å². The molecule has 3 atom stereocenters. The maximum Gasteiger partial charge on any atom is 0.191 e. The van der Waals surface area contributed by atoms with Crippen LogP contribution >= 0.6 is 0 Å². The van der Waals surface area contributed by atoms with Crippen molar-refractivity contribution in [3.8, 4) is 0 Å². The molecule has 2 N–H and O–H groups in total. The molecule has 3 aliphatic rings. The second-order valence-electron chi connectivity index (χ2n) is 8.62. The van der Waals surface area contributed by atoms with Gasteiger partial charge in [-0.3, -0.25) is 4.68 Å². The summed E-state index contributed by atoms with van der Waals surface area (Å²) in [5.74, 6) is 1.58. The van der Waals surface area contributed by atoms with Crippen molar-refractivity contribution in [2.45, 2.75) is 57.8 Å². The number of guanidine groups is 1. The third kappa shape index (κ3) is 3.33. The maximum atomic E-state index is 6.07. The normalized spacial score (nSPS) is 27.2. The minimum atomic E-state index is 0.357. The van der Waals surface area contributed by atoms with Gasteiger partial charge in [-0.2, -0.15) is 5.10 Å². The minimum absolute atomic E-state index is 0.357. The van der Waals surface area contributed by atoms with Gasteiger partial charge in [0.05, 0.1) is 19.2 Å². The van der Waals surface area contributed by atoms with Crippen LogP contribution in [-0.4, -0.2) is 41.0 Å². The molecule has 5 rings (SSSR count). The van der Waals surface area contributed by atoms with Crippen LogP contribution in [0.3, 0.4) is 0 Å². The lowest BCUT2D eigenvalue weighted by Crippen LogP contribution is -2.72. The molecule has 6 heteroatoms. The van der Waals surface area contributed by atoms with Crippen molar-refractivity contribution < 1.29 is 4.74 Å². The summed E-state index contributed by atoms with van der Waals surface area (Å²) in [6, 6.07) is 11.0. The van der Waals surface area contributed by atoms with Crippen molar-refractivity contribution in [2.75, 3.05) is 13.2 Å². The minimum Gasteiger partial charge on any atom is -0.377 e. The Morgan fingerprint density at radius 1 is 1.28 bits per heavy atom. The summed E-state index contributed by atoms with van der Waals surface area (Å²) in [6.45, 7) is 5.35. The van der Waals surface area contributed by atoms with Crippen LogP contribution < -0.4 is 10.6 Å². The number of hydrogen-bond acceptors (Lipinski definition) is 3. The molecule has 0 amide bonds. The van der Waals surface area contributed by atoms with Gasteiger partial charge in [-0.1, -0.05) is 30.7 Å². The molecule has 0 radical (unpaired) electrons. The van der Waals surface area contributed by atoms with Gasteiger partial charge in [-0.05, 0) is 43.4 Å². The molecule has 2 aliphatic carbocycles. The number of benzene rings is 1. The summed E-state index contributed by atoms with van der Waals surface area (Å²) in [5, 5.41) is 11.6. The Bertz CT molecular complexity index is 858. The number of fused-ring (bicyclic) bond motifs is 2. The Balaban J connectivity index is 1.31. The van der Waals surface area contributed by atoms with Crippen LogP contribution in [0.4, 0.5) is 0 Å². The molecule has 1 aliphatic heterocycles. The first-order valence-corrected chi connectivity index (χ1v) is 11.0. The third-order valence-electron chi connectivity index (χ3n) is 7.09. The number of aromatic nitrogens is 2. The lowest BCUT2D eigenvalue weighted by atomic mass is 9.46. The first-order chi connectivity index (χ1) is 14.3. The van der Waals surface area contributed by atoms with Gasteiger partial charge < -0.3 is 15.4 Å². The predicted octanol–water partition coefficient (Wildman–Crippen LogP) is 2.94. The molecule has 2 heterocycles. The lowest BCUT2D eigenvalue weighted by Gasteiger charge is -2.63. The van der Waals surface area contributed by atoms with Crippen molar-refractivity contribution in [3.05, 3.63) is 53.9 Å². The van der Waals surface area contributed by atoms with Crippen molar-refractivity contribution in [1.29, 1.82) is 0 Å². The molecule has 6 nitrogen and oxygen atoms in total. The van der Waals surface area contributed by atoms with Crippen LogP contribution in [0.5, 0.6) is 0 Å². The Hall–Kier alpha value is -2.34. The van der Waals surface area contributed by atoms with Crippen molar-refractivity contribution in [1.82, 2.24) is 20.4 Å². The Morgan fingerprint density at radius 2 is 2.14 bits per heavy atom. The summed E-state index contributed by atoms with van der Waals surface area (Å²) < 4.78 is 8.03. The summed E-state index contributed by atoms with van der Waals surface area (Å²) >= 11 is 0. The highest BCUT2D eigenvalue weighted by molar-refractivity contribution is 5.80. The van der Waals surface area contributed by atoms with Gasteiger partial charge in [0, 0.05) is 42.9 Å². The first-order valence-electron chi connectivity index (χ1n) is 11.0. The summed E-state index contributed by atoms with van der Waals surface area (Å²) in [5.41, 5.74) is 2.86. The maximum absolute atomic E-state index is 6.07. The first kappa shape index (κ1) is 18.7. The van der Waals surface area contributed by atoms with E-state index in [-0.39, 0.29) is 0 Å². The number of aliphatic imine (C=N–C) groups is 1. The molecular weight excluding hydrogens is 362 g/mol. The molecule has 1 spiro atoms. The van der Waals surface area contributed by atoms with Gasteiger partial charge in [0.2, 0.25) is 0 Å². The largest absolute Gasteiger partial charge is 0.377 e. The van der Waals surface area contributed by atoms with Crippen LogP contribution in [0, 0.1) is 11.3 Å². The number of nitrogens with zero attached hydrogens (tertiary/aromatic N) is 3. The molecule has 2 aromatic rings. The zero-order valence-electron chi connectivity index (χ0n) is 17.2. The topological polar surface area (TPSA) is 63.5 Å². The van der Waals surface area contributed by atoms with E-state index >= 15 is 0 Å². The van der Waals surface area contributed by atoms with Gasteiger partial charge in [-0.25, -0.2) is 4.99 Å². The van der Waals surface area contributed by atoms with E-state index < -0.39 is 0 Å². The van der Waals surface area contributed by atoms with Crippen molar-refractivity contribution in [2.24, 2.45) is 16.3 Å². The average molecular weight is 394 g/mol. The molecule has 0 bridgehead atoms. The predicted molar refractivity (Wildman–Crippen MR) is 114 cm³/mol. The molecule has 154 valence electrons. The number of ether oxygens (including phenoxy) is 1. The molecule has 29 heavy (non-hydrogen) atoms. The van der Waals surface area contributed by atoms with E-state index in [2.05, 4.69) is 46.9 Å². The van der Waals surface area contributed by atoms with Crippen LogP contribution in [0.25, 0.3) is 0 Å². The molecule has 2 saturated carbocycles. The zero-order chi connectivity index (χ0) is 19.7. The fourth-order valence-electron chi connectivity index (χ4n) is 5.52. The van der Waals surface area contributed by atoms with Gasteiger partial charge in [0.15, 0.2) is 5.96 Å². The van der Waals surface area contributed by atoms with Crippen molar-refractivity contribution in [3.63, 3.8) is 0 Å². The van der Waals surface area contributed by atoms with Gasteiger partial charge in [0.25, 0.3) is 0 Å². The fraction of sp³-hybridized carbons (Fsp3) is 0.565. The lowest BCUT2D eigenvalue weighted by molar-refractivity contribution is -0.171. The highest BCUT2D eigenvalue weighted by atomic mass is 16.5. The highest BCUT2D eigenvalue weighted by Gasteiger charge is 2.66. The Morgan fingerprint density at radius 3 is 2.86 bits per heavy atom. The number of hydrogen-bond donors (Lipinski definition) is 2. The number of rotatable bonds is 6. The molecule has 1 aromatic heterocycles. The number of nitrogens with one attached hydrogen (secondary N) is 2. The van der Waals surface area contributed by atoms with Crippen LogP contribution in [0.1, 0.15) is 43.7 Å². The molecular formula is C23H31N5O. The van der Waals surface area contributed by atoms with E-state index in [1.165, 1.54) is 36.8 Å². The highest BCUT2D eigenvalue weighted by Crippen LogP contribution is 2.62. The third-order valence-corrected chi connectivity index (χ3v) is 7.09. The quantitative estimate of drug-likeness (QED) is 0.585. The van der Waals surface area contributed by atoms with E-state index in [9.17, 15) is 0 Å². The Kier molecular flexibility index (Phi) is 5.04.